The van der Waals surface area contributed by atoms with E-state index in [0.717, 1.165) is 14.1 Å². The minimum absolute atomic E-state index is 0.172. The van der Waals surface area contributed by atoms with Crippen LogP contribution in [0.25, 0.3) is 0 Å². The molecule has 2 atom stereocenters. The van der Waals surface area contributed by atoms with Gasteiger partial charge in [0.15, 0.2) is 6.04 Å². The first-order valence-electron chi connectivity index (χ1n) is 7.36. The lowest BCUT2D eigenvalue weighted by molar-refractivity contribution is -0.921. The summed E-state index contributed by atoms with van der Waals surface area (Å²) in [6.07, 6.45) is 1.78. The van der Waals surface area contributed by atoms with E-state index >= 15 is 0 Å². The molecule has 1 amide bonds. The van der Waals surface area contributed by atoms with Gasteiger partial charge in [0.25, 0.3) is 5.91 Å². The summed E-state index contributed by atoms with van der Waals surface area (Å²) in [7, 11) is 0. The number of anilines is 1. The third kappa shape index (κ3) is 5.05. The van der Waals surface area contributed by atoms with Gasteiger partial charge in [0.05, 0.1) is 26.5 Å². The Bertz CT molecular complexity index is 735. The van der Waals surface area contributed by atoms with E-state index in [-0.39, 0.29) is 17.0 Å². The Morgan fingerprint density at radius 1 is 1.42 bits per heavy atom. The van der Waals surface area contributed by atoms with Crippen LogP contribution in [-0.4, -0.2) is 18.5 Å². The molecule has 24 heavy (non-hydrogen) atoms. The highest BCUT2D eigenvalue weighted by molar-refractivity contribution is 7.16. The number of hydrogen-bond acceptors (Lipinski definition) is 2. The maximum Gasteiger partial charge on any atom is 0.282 e. The standard InChI is InChI=1S/C17H17Cl2FN2OS/c1-3-8-22(10-13-5-7-16(19)24-13)11(2)17(23)21-15-6-4-12(20)9-14(15)18/h3-7,9,11H,1,8,10H2,2H3,(H,21,23)/p+1/t11-/m0/s1. The zero-order chi connectivity index (χ0) is 17.7. The highest BCUT2D eigenvalue weighted by atomic mass is 35.5. The number of carbonyl (C=O) groups excluding carboxylic acids is 1. The van der Waals surface area contributed by atoms with Crippen molar-refractivity contribution in [3.05, 3.63) is 63.0 Å². The van der Waals surface area contributed by atoms with Gasteiger partial charge in [0.1, 0.15) is 12.4 Å². The molecule has 0 radical (unpaired) electrons. The van der Waals surface area contributed by atoms with Gasteiger partial charge in [-0.1, -0.05) is 29.8 Å². The van der Waals surface area contributed by atoms with Crippen LogP contribution in [0.3, 0.4) is 0 Å². The van der Waals surface area contributed by atoms with Crippen LogP contribution < -0.4 is 10.2 Å². The van der Waals surface area contributed by atoms with Crippen LogP contribution in [-0.2, 0) is 11.3 Å². The summed E-state index contributed by atoms with van der Waals surface area (Å²) in [5.41, 5.74) is 0.395. The van der Waals surface area contributed by atoms with Gasteiger partial charge in [-0.15, -0.1) is 11.3 Å². The maximum absolute atomic E-state index is 13.1. The quantitative estimate of drug-likeness (QED) is 0.696. The summed E-state index contributed by atoms with van der Waals surface area (Å²) in [4.78, 5) is 14.6. The van der Waals surface area contributed by atoms with Crippen molar-refractivity contribution in [2.45, 2.75) is 19.5 Å². The van der Waals surface area contributed by atoms with Crippen LogP contribution in [0.1, 0.15) is 11.8 Å². The molecule has 0 spiro atoms. The smallest absolute Gasteiger partial charge is 0.282 e. The molecule has 0 saturated heterocycles. The Balaban J connectivity index is 2.08. The predicted octanol–water partition coefficient (Wildman–Crippen LogP) is 3.79. The lowest BCUT2D eigenvalue weighted by atomic mass is 10.2. The first-order valence-corrected chi connectivity index (χ1v) is 8.93. The van der Waals surface area contributed by atoms with Gasteiger partial charge < -0.3 is 10.2 Å². The van der Waals surface area contributed by atoms with E-state index in [2.05, 4.69) is 11.9 Å². The van der Waals surface area contributed by atoms with Gasteiger partial charge in [-0.25, -0.2) is 4.39 Å². The first kappa shape index (κ1) is 18.9. The Morgan fingerprint density at radius 2 is 2.17 bits per heavy atom. The molecule has 128 valence electrons. The first-order chi connectivity index (χ1) is 11.4. The second-order valence-electron chi connectivity index (χ2n) is 5.37. The monoisotopic (exact) mass is 387 g/mol. The van der Waals surface area contributed by atoms with E-state index in [1.807, 2.05) is 19.1 Å². The molecule has 1 heterocycles. The minimum Gasteiger partial charge on any atom is -0.320 e. The van der Waals surface area contributed by atoms with E-state index in [1.54, 1.807) is 6.08 Å². The molecule has 0 aliphatic rings. The van der Waals surface area contributed by atoms with Crippen LogP contribution in [0.5, 0.6) is 0 Å². The van der Waals surface area contributed by atoms with Gasteiger partial charge in [-0.05, 0) is 43.3 Å². The molecular weight excluding hydrogens is 370 g/mol. The minimum atomic E-state index is -0.445. The van der Waals surface area contributed by atoms with E-state index in [1.165, 1.54) is 29.5 Å². The zero-order valence-corrected chi connectivity index (χ0v) is 15.4. The van der Waals surface area contributed by atoms with Crippen molar-refractivity contribution in [3.8, 4) is 0 Å². The average Bonchev–Trinajstić information content (AvgIpc) is 2.94. The van der Waals surface area contributed by atoms with Gasteiger partial charge >= 0.3 is 0 Å². The normalized spacial score (nSPS) is 13.3. The highest BCUT2D eigenvalue weighted by Crippen LogP contribution is 2.22. The highest BCUT2D eigenvalue weighted by Gasteiger charge is 2.25. The lowest BCUT2D eigenvalue weighted by Crippen LogP contribution is -3.15. The lowest BCUT2D eigenvalue weighted by Gasteiger charge is -2.24. The number of hydrogen-bond donors (Lipinski definition) is 2. The molecule has 2 N–H and O–H groups in total. The molecule has 0 aliphatic carbocycles. The van der Waals surface area contributed by atoms with Crippen LogP contribution in [0.2, 0.25) is 9.36 Å². The summed E-state index contributed by atoms with van der Waals surface area (Å²) in [5.74, 6) is -0.637. The number of halogens is 3. The van der Waals surface area contributed by atoms with Gasteiger partial charge in [-0.3, -0.25) is 4.79 Å². The molecule has 1 unspecified atom stereocenters. The molecule has 0 aliphatic heterocycles. The van der Waals surface area contributed by atoms with Crippen LogP contribution >= 0.6 is 34.5 Å². The Kier molecular flexibility index (Phi) is 6.80. The molecule has 0 saturated carbocycles. The second kappa shape index (κ2) is 8.62. The van der Waals surface area contributed by atoms with Crippen molar-refractivity contribution in [1.29, 1.82) is 0 Å². The number of benzene rings is 1. The summed E-state index contributed by atoms with van der Waals surface area (Å²) in [6, 6.07) is 7.34. The fourth-order valence-corrected chi connectivity index (χ4v) is 3.63. The van der Waals surface area contributed by atoms with E-state index < -0.39 is 5.82 Å². The largest absolute Gasteiger partial charge is 0.320 e. The molecule has 0 bridgehead atoms. The fraction of sp³-hybridized carbons (Fsp3) is 0.235. The third-order valence-corrected chi connectivity index (χ3v) is 5.18. The van der Waals surface area contributed by atoms with Crippen molar-refractivity contribution in [2.75, 3.05) is 11.9 Å². The summed E-state index contributed by atoms with van der Waals surface area (Å²) in [6.45, 7) is 6.88. The number of amides is 1. The molecule has 1 aromatic carbocycles. The van der Waals surface area contributed by atoms with Crippen molar-refractivity contribution in [2.24, 2.45) is 0 Å². The van der Waals surface area contributed by atoms with E-state index in [9.17, 15) is 9.18 Å². The Hall–Kier alpha value is -1.40. The van der Waals surface area contributed by atoms with Crippen LogP contribution in [0.4, 0.5) is 10.1 Å². The van der Waals surface area contributed by atoms with E-state index in [4.69, 9.17) is 23.2 Å². The average molecular weight is 388 g/mol. The van der Waals surface area contributed by atoms with Crippen LogP contribution in [0.15, 0.2) is 43.0 Å². The molecule has 2 aromatic rings. The van der Waals surface area contributed by atoms with Crippen molar-refractivity contribution in [1.82, 2.24) is 0 Å². The number of carbonyl (C=O) groups is 1. The summed E-state index contributed by atoms with van der Waals surface area (Å²) >= 11 is 13.4. The number of quaternary nitrogens is 1. The molecule has 3 nitrogen and oxygen atoms in total. The second-order valence-corrected chi connectivity index (χ2v) is 7.58. The van der Waals surface area contributed by atoms with Gasteiger partial charge in [0.2, 0.25) is 0 Å². The SMILES string of the molecule is C=CC[NH+](Cc1ccc(Cl)s1)[C@@H](C)C(=O)Nc1ccc(F)cc1Cl. The summed E-state index contributed by atoms with van der Waals surface area (Å²) in [5, 5.41) is 2.92. The maximum atomic E-state index is 13.1. The van der Waals surface area contributed by atoms with Crippen molar-refractivity contribution >= 4 is 46.1 Å². The summed E-state index contributed by atoms with van der Waals surface area (Å²) < 4.78 is 13.8. The fourth-order valence-electron chi connectivity index (χ4n) is 2.28. The predicted molar refractivity (Wildman–Crippen MR) is 98.6 cm³/mol. The topological polar surface area (TPSA) is 33.5 Å². The third-order valence-electron chi connectivity index (χ3n) is 3.63. The van der Waals surface area contributed by atoms with Gasteiger partial charge in [0, 0.05) is 0 Å². The molecule has 1 aromatic heterocycles. The van der Waals surface area contributed by atoms with Crippen molar-refractivity contribution in [3.63, 3.8) is 0 Å². The Labute approximate surface area is 154 Å². The number of nitrogens with one attached hydrogen (secondary N) is 2. The molecular formula is C17H18Cl2FN2OS+. The molecule has 7 heteroatoms. The van der Waals surface area contributed by atoms with Crippen molar-refractivity contribution < 1.29 is 14.1 Å². The Morgan fingerprint density at radius 3 is 2.75 bits per heavy atom. The number of thiophene rings is 1. The van der Waals surface area contributed by atoms with Crippen LogP contribution in [0, 0.1) is 5.82 Å². The molecule has 0 fully saturated rings. The zero-order valence-electron chi connectivity index (χ0n) is 13.1. The molecule has 2 rings (SSSR count). The van der Waals surface area contributed by atoms with Gasteiger partial charge in [-0.2, -0.15) is 0 Å². The van der Waals surface area contributed by atoms with E-state index in [0.29, 0.717) is 18.8 Å². The number of rotatable bonds is 7.